The van der Waals surface area contributed by atoms with Gasteiger partial charge in [0, 0.05) is 29.9 Å². The van der Waals surface area contributed by atoms with Gasteiger partial charge in [-0.1, -0.05) is 94.3 Å². The molecule has 3 aromatic carbocycles. The van der Waals surface area contributed by atoms with Gasteiger partial charge in [-0.3, -0.25) is 10.1 Å². The smallest absolute Gasteiger partial charge is 0.416 e. The SMILES string of the molecule is CCCCCCCCCCC(=O)N[C@H](CO[C@H]1OC2COC(c3ccccc3)O[C@@H]2C(O)C1OC(=O)Nc1cccc(C(F)(F)F)c1)C(CO)OCCNC(=O)Nc1cccc(C(F)(F)F)c1. The standard InChI is InChI=1S/C46H58F6N4O11/c1-2-3-4-5-6-7-8-12-21-37(58)56-34(35(26-57)62-23-22-53-43(60)54-32-19-13-17-30(24-32)45(47,48)49)27-63-42-40(67-44(61)55-33-20-14-18-31(25-33)46(50,51)52)38(59)39-36(65-42)28-64-41(66-39)29-15-10-9-11-16-29/h9-11,13-20,24-25,34-36,38-42,57,59H,2-8,12,21-23,26-28H2,1H3,(H,55,61)(H,56,58)(H2,53,54,60)/t34-,35?,36?,38?,39+,40?,41?,42+/m1/s1. The Balaban J connectivity index is 1.28. The van der Waals surface area contributed by atoms with Crippen LogP contribution in [0.3, 0.4) is 0 Å². The number of ether oxygens (including phenoxy) is 6. The number of anilines is 2. The van der Waals surface area contributed by atoms with Crippen molar-refractivity contribution in [1.82, 2.24) is 10.6 Å². The number of hydrogen-bond donors (Lipinski definition) is 6. The first kappa shape index (κ1) is 52.9. The molecule has 2 aliphatic rings. The lowest BCUT2D eigenvalue weighted by Crippen LogP contribution is -2.64. The van der Waals surface area contributed by atoms with Crippen molar-refractivity contribution in [3.63, 3.8) is 0 Å². The number of rotatable bonds is 23. The minimum absolute atomic E-state index is 0.113. The fourth-order valence-electron chi connectivity index (χ4n) is 7.41. The molecule has 0 saturated carbocycles. The van der Waals surface area contributed by atoms with Crippen LogP contribution in [0.15, 0.2) is 78.9 Å². The summed E-state index contributed by atoms with van der Waals surface area (Å²) >= 11 is 0. The van der Waals surface area contributed by atoms with Crippen molar-refractivity contribution in [3.05, 3.63) is 95.6 Å². The second-order valence-corrected chi connectivity index (χ2v) is 16.1. The number of benzene rings is 3. The average Bonchev–Trinajstić information content (AvgIpc) is 3.29. The summed E-state index contributed by atoms with van der Waals surface area (Å²) in [5, 5.41) is 32.0. The lowest BCUT2D eigenvalue weighted by molar-refractivity contribution is -0.361. The third kappa shape index (κ3) is 16.9. The molecule has 4 amide bonds. The third-order valence-electron chi connectivity index (χ3n) is 10.9. The molecule has 67 heavy (non-hydrogen) atoms. The van der Waals surface area contributed by atoms with Gasteiger partial charge in [0.2, 0.25) is 5.91 Å². The van der Waals surface area contributed by atoms with Crippen molar-refractivity contribution in [2.75, 3.05) is 43.6 Å². The van der Waals surface area contributed by atoms with Crippen LogP contribution in [0.1, 0.15) is 87.7 Å². The summed E-state index contributed by atoms with van der Waals surface area (Å²) in [5.74, 6) is -0.417. The number of urea groups is 1. The fourth-order valence-corrected chi connectivity index (χ4v) is 7.41. The summed E-state index contributed by atoms with van der Waals surface area (Å²) in [6.07, 6.45) is -12.0. The highest BCUT2D eigenvalue weighted by Gasteiger charge is 2.52. The number of aliphatic hydroxyl groups is 2. The van der Waals surface area contributed by atoms with Crippen LogP contribution in [0.2, 0.25) is 0 Å². The Kier molecular flexibility index (Phi) is 20.5. The number of alkyl halides is 6. The van der Waals surface area contributed by atoms with Gasteiger partial charge in [-0.15, -0.1) is 0 Å². The Morgan fingerprint density at radius 2 is 1.43 bits per heavy atom. The van der Waals surface area contributed by atoms with E-state index in [1.165, 1.54) is 12.1 Å². The molecule has 21 heteroatoms. The number of unbranched alkanes of at least 4 members (excludes halogenated alkanes) is 7. The number of aliphatic hydroxyl groups excluding tert-OH is 2. The Labute approximate surface area is 384 Å². The van der Waals surface area contributed by atoms with Gasteiger partial charge >= 0.3 is 24.5 Å². The van der Waals surface area contributed by atoms with E-state index in [-0.39, 0.29) is 37.6 Å². The molecule has 0 spiro atoms. The van der Waals surface area contributed by atoms with Crippen LogP contribution in [0.25, 0.3) is 0 Å². The summed E-state index contributed by atoms with van der Waals surface area (Å²) in [6.45, 7) is 0.378. The van der Waals surface area contributed by atoms with E-state index in [0.29, 0.717) is 18.1 Å². The molecule has 0 bridgehead atoms. The van der Waals surface area contributed by atoms with Crippen molar-refractivity contribution >= 4 is 29.4 Å². The lowest BCUT2D eigenvalue weighted by atomic mass is 9.97. The topological polar surface area (TPSA) is 195 Å². The van der Waals surface area contributed by atoms with E-state index < -0.39 is 104 Å². The Morgan fingerprint density at radius 3 is 2.06 bits per heavy atom. The first-order chi connectivity index (χ1) is 32.0. The van der Waals surface area contributed by atoms with Crippen LogP contribution in [0.5, 0.6) is 0 Å². The van der Waals surface area contributed by atoms with E-state index in [9.17, 15) is 50.9 Å². The second-order valence-electron chi connectivity index (χ2n) is 16.1. The van der Waals surface area contributed by atoms with Crippen LogP contribution in [0, 0.1) is 0 Å². The molecule has 2 aliphatic heterocycles. The van der Waals surface area contributed by atoms with E-state index in [2.05, 4.69) is 28.2 Å². The molecule has 6 N–H and O–H groups in total. The molecule has 5 rings (SSSR count). The first-order valence-corrected chi connectivity index (χ1v) is 22.2. The molecule has 2 saturated heterocycles. The summed E-state index contributed by atoms with van der Waals surface area (Å²) in [5.41, 5.74) is -1.77. The molecule has 8 atom stereocenters. The summed E-state index contributed by atoms with van der Waals surface area (Å²) in [7, 11) is 0. The van der Waals surface area contributed by atoms with Crippen molar-refractivity contribution in [2.45, 2.75) is 126 Å². The highest BCUT2D eigenvalue weighted by molar-refractivity contribution is 5.89. The zero-order valence-corrected chi connectivity index (χ0v) is 36.9. The van der Waals surface area contributed by atoms with E-state index in [4.69, 9.17) is 28.4 Å². The zero-order chi connectivity index (χ0) is 48.4. The Hall–Kier alpha value is -5.03. The highest BCUT2D eigenvalue weighted by atomic mass is 19.4. The molecule has 0 aliphatic carbocycles. The van der Waals surface area contributed by atoms with Gasteiger partial charge in [-0.2, -0.15) is 26.3 Å². The van der Waals surface area contributed by atoms with E-state index >= 15 is 0 Å². The number of fused-ring (bicyclic) bond motifs is 1. The van der Waals surface area contributed by atoms with E-state index in [1.807, 2.05) is 0 Å². The van der Waals surface area contributed by atoms with Gasteiger partial charge in [0.1, 0.15) is 24.4 Å². The van der Waals surface area contributed by atoms with E-state index in [0.717, 1.165) is 75.3 Å². The molecule has 370 valence electrons. The van der Waals surface area contributed by atoms with Crippen molar-refractivity contribution in [2.24, 2.45) is 0 Å². The number of carbonyl (C=O) groups is 3. The summed E-state index contributed by atoms with van der Waals surface area (Å²) < 4.78 is 115. The predicted molar refractivity (Wildman–Crippen MR) is 230 cm³/mol. The quantitative estimate of drug-likeness (QED) is 0.0398. The lowest BCUT2D eigenvalue weighted by Gasteiger charge is -2.47. The van der Waals surface area contributed by atoms with Crippen LogP contribution < -0.4 is 21.3 Å². The number of halogens is 6. The van der Waals surface area contributed by atoms with Gasteiger partial charge in [0.05, 0.1) is 43.6 Å². The molecule has 2 heterocycles. The second kappa shape index (κ2) is 25.9. The number of amides is 4. The normalized spacial score (nSPS) is 21.6. The van der Waals surface area contributed by atoms with Gasteiger partial charge < -0.3 is 54.6 Å². The molecular weight excluding hydrogens is 899 g/mol. The molecule has 3 aromatic rings. The maximum absolute atomic E-state index is 13.4. The number of carbonyl (C=O) groups excluding carboxylic acids is 3. The Morgan fingerprint density at radius 1 is 0.806 bits per heavy atom. The molecule has 0 aromatic heterocycles. The minimum Gasteiger partial charge on any atom is -0.438 e. The number of hydrogen-bond acceptors (Lipinski definition) is 11. The predicted octanol–water partition coefficient (Wildman–Crippen LogP) is 8.07. The van der Waals surface area contributed by atoms with Crippen LogP contribution in [-0.2, 0) is 45.6 Å². The zero-order valence-electron chi connectivity index (χ0n) is 36.9. The first-order valence-electron chi connectivity index (χ1n) is 22.2. The summed E-state index contributed by atoms with van der Waals surface area (Å²) in [6, 6.07) is 14.6. The van der Waals surface area contributed by atoms with Crippen LogP contribution >= 0.6 is 0 Å². The van der Waals surface area contributed by atoms with Crippen LogP contribution in [0.4, 0.5) is 47.3 Å². The monoisotopic (exact) mass is 956 g/mol. The maximum Gasteiger partial charge on any atom is 0.416 e. The minimum atomic E-state index is -4.71. The van der Waals surface area contributed by atoms with Gasteiger partial charge in [-0.25, -0.2) is 9.59 Å². The number of nitrogens with one attached hydrogen (secondary N) is 4. The van der Waals surface area contributed by atoms with Crippen molar-refractivity contribution < 1.29 is 79.4 Å². The molecule has 15 nitrogen and oxygen atoms in total. The van der Waals surface area contributed by atoms with Crippen molar-refractivity contribution in [1.29, 1.82) is 0 Å². The maximum atomic E-state index is 13.4. The molecule has 2 fully saturated rings. The molecule has 0 radical (unpaired) electrons. The average molecular weight is 957 g/mol. The van der Waals surface area contributed by atoms with E-state index in [1.54, 1.807) is 30.3 Å². The fraction of sp³-hybridized carbons (Fsp3) is 0.543. The Bertz CT molecular complexity index is 2000. The van der Waals surface area contributed by atoms with Gasteiger partial charge in [0.25, 0.3) is 0 Å². The third-order valence-corrected chi connectivity index (χ3v) is 10.9. The highest BCUT2D eigenvalue weighted by Crippen LogP contribution is 2.36. The summed E-state index contributed by atoms with van der Waals surface area (Å²) in [4.78, 5) is 39.1. The van der Waals surface area contributed by atoms with Gasteiger partial charge in [-0.05, 0) is 42.8 Å². The molecular formula is C46H58F6N4O11. The molecule has 5 unspecified atom stereocenters. The largest absolute Gasteiger partial charge is 0.438 e. The van der Waals surface area contributed by atoms with Gasteiger partial charge in [0.15, 0.2) is 18.7 Å². The van der Waals surface area contributed by atoms with Crippen molar-refractivity contribution in [3.8, 4) is 0 Å². The van der Waals surface area contributed by atoms with Crippen LogP contribution in [-0.4, -0.2) is 104 Å².